The minimum Gasteiger partial charge on any atom is -0.461 e. The summed E-state index contributed by atoms with van der Waals surface area (Å²) >= 11 is 0.830. The summed E-state index contributed by atoms with van der Waals surface area (Å²) in [7, 11) is -4.23. The molecule has 0 radical (unpaired) electrons. The largest absolute Gasteiger partial charge is 0.461 e. The van der Waals surface area contributed by atoms with E-state index in [1.54, 1.807) is 6.92 Å². The van der Waals surface area contributed by atoms with E-state index in [-0.39, 0.29) is 17.3 Å². The van der Waals surface area contributed by atoms with Crippen molar-refractivity contribution in [2.45, 2.75) is 18.0 Å². The van der Waals surface area contributed by atoms with Crippen LogP contribution in [0.15, 0.2) is 28.7 Å². The number of nitrogens with one attached hydrogen (secondary N) is 1. The number of aromatic nitrogens is 2. The Hall–Kier alpha value is -2.21. The molecule has 0 saturated carbocycles. The Morgan fingerprint density at radius 3 is 2.58 bits per heavy atom. The van der Waals surface area contributed by atoms with Crippen LogP contribution >= 0.6 is 11.3 Å². The summed E-state index contributed by atoms with van der Waals surface area (Å²) in [6, 6.07) is 1.32. The summed E-state index contributed by atoms with van der Waals surface area (Å²) in [5, 5.41) is -0.103. The molecule has 0 fully saturated rings. The maximum Gasteiger partial charge on any atom is 0.433 e. The first-order chi connectivity index (χ1) is 11.1. The molecule has 0 aliphatic heterocycles. The number of esters is 1. The Morgan fingerprint density at radius 1 is 1.33 bits per heavy atom. The molecule has 2 heterocycles. The van der Waals surface area contributed by atoms with E-state index in [0.717, 1.165) is 17.4 Å². The van der Waals surface area contributed by atoms with Crippen molar-refractivity contribution in [3.8, 4) is 0 Å². The number of nitrogens with zero attached hydrogens (tertiary/aromatic N) is 2. The second-order valence-corrected chi connectivity index (χ2v) is 6.77. The standard InChI is InChI=1S/C12H10F3N3O4S2/c1-2-22-11(19)9-10(23-6-17-9)18-24(20,21)7-3-4-8(16-5-7)12(13,14)15/h3-6,18H,2H2,1H3. The minimum absolute atomic E-state index is 0.0748. The van der Waals surface area contributed by atoms with Gasteiger partial charge in [-0.3, -0.25) is 9.71 Å². The first-order valence-electron chi connectivity index (χ1n) is 6.32. The van der Waals surface area contributed by atoms with Gasteiger partial charge in [-0.1, -0.05) is 0 Å². The second kappa shape index (κ2) is 6.73. The smallest absolute Gasteiger partial charge is 0.433 e. The molecule has 12 heteroatoms. The molecule has 2 rings (SSSR count). The Kier molecular flexibility index (Phi) is 5.08. The highest BCUT2D eigenvalue weighted by Gasteiger charge is 2.32. The molecule has 2 aromatic rings. The topological polar surface area (TPSA) is 98.2 Å². The molecular weight excluding hydrogens is 371 g/mol. The zero-order valence-electron chi connectivity index (χ0n) is 12.0. The summed E-state index contributed by atoms with van der Waals surface area (Å²) in [6.45, 7) is 1.65. The average Bonchev–Trinajstić information content (AvgIpc) is 2.94. The van der Waals surface area contributed by atoms with E-state index in [2.05, 4.69) is 14.7 Å². The third-order valence-corrected chi connectivity index (χ3v) is 4.81. The number of rotatable bonds is 5. The molecule has 0 aromatic carbocycles. The predicted molar refractivity (Wildman–Crippen MR) is 78.1 cm³/mol. The molecule has 0 unspecified atom stereocenters. The summed E-state index contributed by atoms with van der Waals surface area (Å²) in [5.74, 6) is -0.818. The van der Waals surface area contributed by atoms with Gasteiger partial charge in [-0.2, -0.15) is 13.2 Å². The Balaban J connectivity index is 2.27. The van der Waals surface area contributed by atoms with Crippen molar-refractivity contribution < 1.29 is 31.1 Å². The average molecular weight is 381 g/mol. The molecule has 0 aliphatic rings. The van der Waals surface area contributed by atoms with E-state index in [4.69, 9.17) is 4.74 Å². The highest BCUT2D eigenvalue weighted by atomic mass is 32.2. The highest BCUT2D eigenvalue weighted by Crippen LogP contribution is 2.29. The zero-order valence-corrected chi connectivity index (χ0v) is 13.6. The highest BCUT2D eigenvalue weighted by molar-refractivity contribution is 7.93. The van der Waals surface area contributed by atoms with Crippen LogP contribution < -0.4 is 4.72 Å². The number of carbonyl (C=O) groups excluding carboxylic acids is 1. The number of alkyl halides is 3. The summed E-state index contributed by atoms with van der Waals surface area (Å²) < 4.78 is 68.5. The number of halogens is 3. The van der Waals surface area contributed by atoms with Crippen LogP contribution in [0.2, 0.25) is 0 Å². The molecule has 0 aliphatic carbocycles. The number of carbonyl (C=O) groups is 1. The lowest BCUT2D eigenvalue weighted by Gasteiger charge is -2.09. The lowest BCUT2D eigenvalue weighted by Crippen LogP contribution is -2.16. The molecule has 24 heavy (non-hydrogen) atoms. The van der Waals surface area contributed by atoms with Gasteiger partial charge in [0.05, 0.1) is 12.1 Å². The molecule has 0 atom stereocenters. The summed E-state index contributed by atoms with van der Waals surface area (Å²) in [5.41, 5.74) is -0.216. The van der Waals surface area contributed by atoms with Gasteiger partial charge in [-0.15, -0.1) is 11.3 Å². The first-order valence-corrected chi connectivity index (χ1v) is 8.68. The predicted octanol–water partition coefficient (Wildman–Crippen LogP) is 2.53. The molecule has 130 valence electrons. The molecule has 0 amide bonds. The van der Waals surface area contributed by atoms with Crippen LogP contribution in [-0.2, 0) is 20.9 Å². The lowest BCUT2D eigenvalue weighted by atomic mass is 10.3. The van der Waals surface area contributed by atoms with Gasteiger partial charge in [-0.25, -0.2) is 18.2 Å². The van der Waals surface area contributed by atoms with E-state index < -0.39 is 32.8 Å². The zero-order chi connectivity index (χ0) is 18.0. The van der Waals surface area contributed by atoms with Crippen LogP contribution in [0.25, 0.3) is 0 Å². The van der Waals surface area contributed by atoms with Crippen LogP contribution in [0.3, 0.4) is 0 Å². The van der Waals surface area contributed by atoms with Crippen molar-refractivity contribution in [1.29, 1.82) is 0 Å². The Morgan fingerprint density at radius 2 is 2.04 bits per heavy atom. The third-order valence-electron chi connectivity index (χ3n) is 2.60. The molecule has 7 nitrogen and oxygen atoms in total. The van der Waals surface area contributed by atoms with Crippen LogP contribution in [-0.4, -0.2) is 31.0 Å². The van der Waals surface area contributed by atoms with Gasteiger partial charge in [0.15, 0.2) is 5.69 Å². The van der Waals surface area contributed by atoms with Crippen molar-refractivity contribution in [2.24, 2.45) is 0 Å². The lowest BCUT2D eigenvalue weighted by molar-refractivity contribution is -0.141. The fraction of sp³-hybridized carbons (Fsp3) is 0.250. The SMILES string of the molecule is CCOC(=O)c1ncsc1NS(=O)(=O)c1ccc(C(F)(F)F)nc1. The molecule has 0 saturated heterocycles. The van der Waals surface area contributed by atoms with E-state index >= 15 is 0 Å². The number of anilines is 1. The normalized spacial score (nSPS) is 12.0. The van der Waals surface area contributed by atoms with Crippen molar-refractivity contribution in [2.75, 3.05) is 11.3 Å². The van der Waals surface area contributed by atoms with Crippen LogP contribution in [0.5, 0.6) is 0 Å². The first kappa shape index (κ1) is 18.1. The van der Waals surface area contributed by atoms with Crippen molar-refractivity contribution in [3.63, 3.8) is 0 Å². The van der Waals surface area contributed by atoms with Crippen molar-refractivity contribution in [3.05, 3.63) is 35.2 Å². The summed E-state index contributed by atoms with van der Waals surface area (Å²) in [6.07, 6.45) is -4.10. The molecule has 0 spiro atoms. The van der Waals surface area contributed by atoms with E-state index in [1.807, 2.05) is 0 Å². The summed E-state index contributed by atoms with van der Waals surface area (Å²) in [4.78, 5) is 18.0. The van der Waals surface area contributed by atoms with Gasteiger partial charge in [0, 0.05) is 6.20 Å². The van der Waals surface area contributed by atoms with Crippen LogP contribution in [0.1, 0.15) is 23.1 Å². The maximum atomic E-state index is 12.5. The van der Waals surface area contributed by atoms with E-state index in [1.165, 1.54) is 5.51 Å². The number of pyridine rings is 1. The molecule has 0 bridgehead atoms. The maximum absolute atomic E-state index is 12.5. The van der Waals surface area contributed by atoms with Crippen molar-refractivity contribution >= 4 is 32.3 Å². The number of hydrogen-bond acceptors (Lipinski definition) is 7. The Labute approximate surface area is 138 Å². The third kappa shape index (κ3) is 4.00. The van der Waals surface area contributed by atoms with Crippen molar-refractivity contribution in [1.82, 2.24) is 9.97 Å². The number of sulfonamides is 1. The van der Waals surface area contributed by atoms with Gasteiger partial charge in [0.25, 0.3) is 10.0 Å². The van der Waals surface area contributed by atoms with E-state index in [9.17, 15) is 26.4 Å². The van der Waals surface area contributed by atoms with Crippen LogP contribution in [0, 0.1) is 0 Å². The van der Waals surface area contributed by atoms with Gasteiger partial charge in [-0.05, 0) is 19.1 Å². The van der Waals surface area contributed by atoms with Gasteiger partial charge >= 0.3 is 12.1 Å². The number of hydrogen-bond donors (Lipinski definition) is 1. The van der Waals surface area contributed by atoms with Gasteiger partial charge in [0.2, 0.25) is 0 Å². The quantitative estimate of drug-likeness (QED) is 0.800. The minimum atomic E-state index is -4.68. The van der Waals surface area contributed by atoms with Gasteiger partial charge in [0.1, 0.15) is 15.6 Å². The fourth-order valence-corrected chi connectivity index (χ4v) is 3.48. The molecule has 2 aromatic heterocycles. The Bertz CT molecular complexity index is 832. The number of ether oxygens (including phenoxy) is 1. The van der Waals surface area contributed by atoms with Crippen LogP contribution in [0.4, 0.5) is 18.2 Å². The molecule has 1 N–H and O–H groups in total. The van der Waals surface area contributed by atoms with Gasteiger partial charge < -0.3 is 4.74 Å². The van der Waals surface area contributed by atoms with E-state index in [0.29, 0.717) is 12.3 Å². The monoisotopic (exact) mass is 381 g/mol. The number of thiazole rings is 1. The fourth-order valence-electron chi connectivity index (χ4n) is 1.55. The second-order valence-electron chi connectivity index (χ2n) is 4.23. The molecular formula is C12H10F3N3O4S2.